The Balaban J connectivity index is 2.69. The van der Waals surface area contributed by atoms with Crippen LogP contribution < -0.4 is 5.73 Å². The first-order valence-corrected chi connectivity index (χ1v) is 3.02. The zero-order chi connectivity index (χ0) is 8.70. The molecule has 3 nitrogen and oxygen atoms in total. The maximum Gasteiger partial charge on any atom is 0.459 e. The first-order chi connectivity index (χ1) is 4.85. The maximum absolute atomic E-state index is 11.9. The zero-order valence-corrected chi connectivity index (χ0v) is 5.81. The molecule has 2 N–H and O–H groups in total. The van der Waals surface area contributed by atoms with Crippen molar-refractivity contribution in [2.45, 2.75) is 25.1 Å². The van der Waals surface area contributed by atoms with Crippen LogP contribution in [0.15, 0.2) is 0 Å². The van der Waals surface area contributed by atoms with Crippen molar-refractivity contribution in [2.24, 2.45) is 5.73 Å². The van der Waals surface area contributed by atoms with Crippen molar-refractivity contribution in [3.8, 4) is 0 Å². The molecular formula is C5H8F3NO2. The van der Waals surface area contributed by atoms with Crippen molar-refractivity contribution in [3.05, 3.63) is 0 Å². The molecule has 1 aliphatic heterocycles. The number of hydrogen-bond donors (Lipinski definition) is 1. The topological polar surface area (TPSA) is 44.5 Å². The van der Waals surface area contributed by atoms with Crippen LogP contribution in [0.3, 0.4) is 0 Å². The normalized spacial score (nSPS) is 39.5. The van der Waals surface area contributed by atoms with E-state index in [1.165, 1.54) is 6.92 Å². The van der Waals surface area contributed by atoms with E-state index >= 15 is 0 Å². The van der Waals surface area contributed by atoms with Crippen LogP contribution in [0.5, 0.6) is 0 Å². The van der Waals surface area contributed by atoms with Gasteiger partial charge in [0.25, 0.3) is 0 Å². The molecule has 0 aromatic rings. The third-order valence-corrected chi connectivity index (χ3v) is 1.30. The minimum absolute atomic E-state index is 0.129. The molecule has 0 aromatic carbocycles. The van der Waals surface area contributed by atoms with E-state index < -0.39 is 18.2 Å². The summed E-state index contributed by atoms with van der Waals surface area (Å²) in [4.78, 5) is 0. The first-order valence-electron chi connectivity index (χ1n) is 3.02. The molecule has 2 atom stereocenters. The summed E-state index contributed by atoms with van der Waals surface area (Å²) >= 11 is 0. The third kappa shape index (κ3) is 1.47. The lowest BCUT2D eigenvalue weighted by atomic mass is 10.4. The molecular weight excluding hydrogens is 163 g/mol. The second-order valence-corrected chi connectivity index (χ2v) is 2.40. The summed E-state index contributed by atoms with van der Waals surface area (Å²) < 4.78 is 44.4. The summed E-state index contributed by atoms with van der Waals surface area (Å²) in [7, 11) is 0. The largest absolute Gasteiger partial charge is 0.459 e. The molecule has 0 aliphatic carbocycles. The summed E-state index contributed by atoms with van der Waals surface area (Å²) in [6, 6.07) is 0. The summed E-state index contributed by atoms with van der Waals surface area (Å²) in [5.41, 5.74) is 4.76. The number of ether oxygens (including phenoxy) is 2. The van der Waals surface area contributed by atoms with Gasteiger partial charge in [-0.25, -0.2) is 0 Å². The SMILES string of the molecule is CC1COC(N)(C(F)(F)F)O1. The van der Waals surface area contributed by atoms with Gasteiger partial charge in [-0.15, -0.1) is 0 Å². The molecule has 0 saturated carbocycles. The van der Waals surface area contributed by atoms with Crippen molar-refractivity contribution >= 4 is 0 Å². The van der Waals surface area contributed by atoms with Crippen LogP contribution in [0.2, 0.25) is 0 Å². The fraction of sp³-hybridized carbons (Fsp3) is 1.00. The van der Waals surface area contributed by atoms with Gasteiger partial charge < -0.3 is 9.47 Å². The lowest BCUT2D eigenvalue weighted by Gasteiger charge is -2.24. The summed E-state index contributed by atoms with van der Waals surface area (Å²) in [6.45, 7) is 1.33. The maximum atomic E-state index is 11.9. The third-order valence-electron chi connectivity index (χ3n) is 1.30. The highest BCUT2D eigenvalue weighted by Crippen LogP contribution is 2.34. The zero-order valence-electron chi connectivity index (χ0n) is 5.81. The predicted octanol–water partition coefficient (Wildman–Crippen LogP) is 0.597. The minimum Gasteiger partial charge on any atom is -0.328 e. The van der Waals surface area contributed by atoms with Crippen molar-refractivity contribution in [3.63, 3.8) is 0 Å². The van der Waals surface area contributed by atoms with Gasteiger partial charge in [0, 0.05) is 0 Å². The average Bonchev–Trinajstić information content (AvgIpc) is 2.10. The van der Waals surface area contributed by atoms with E-state index in [0.717, 1.165) is 0 Å². The van der Waals surface area contributed by atoms with Crippen molar-refractivity contribution in [2.75, 3.05) is 6.61 Å². The van der Waals surface area contributed by atoms with Gasteiger partial charge in [0.05, 0.1) is 12.7 Å². The molecule has 0 bridgehead atoms. The smallest absolute Gasteiger partial charge is 0.328 e. The number of alkyl halides is 3. The van der Waals surface area contributed by atoms with E-state index in [9.17, 15) is 13.2 Å². The van der Waals surface area contributed by atoms with Crippen LogP contribution >= 0.6 is 0 Å². The molecule has 0 spiro atoms. The van der Waals surface area contributed by atoms with Crippen molar-refractivity contribution in [1.82, 2.24) is 0 Å². The lowest BCUT2D eigenvalue weighted by Crippen LogP contribution is -2.54. The van der Waals surface area contributed by atoms with Gasteiger partial charge in [-0.2, -0.15) is 13.2 Å². The van der Waals surface area contributed by atoms with Crippen LogP contribution in [0.4, 0.5) is 13.2 Å². The molecule has 0 amide bonds. The Morgan fingerprint density at radius 1 is 1.55 bits per heavy atom. The molecule has 6 heteroatoms. The minimum atomic E-state index is -4.67. The van der Waals surface area contributed by atoms with E-state index in [4.69, 9.17) is 5.73 Å². The quantitative estimate of drug-likeness (QED) is 0.580. The molecule has 1 heterocycles. The standard InChI is InChI=1S/C5H8F3NO2/c1-3-2-10-5(9,11-3)4(6,7)8/h3H,2,9H2,1H3. The lowest BCUT2D eigenvalue weighted by molar-refractivity contribution is -0.344. The average molecular weight is 171 g/mol. The van der Waals surface area contributed by atoms with Crippen molar-refractivity contribution in [1.29, 1.82) is 0 Å². The van der Waals surface area contributed by atoms with Crippen LogP contribution in [0.25, 0.3) is 0 Å². The van der Waals surface area contributed by atoms with Gasteiger partial charge >= 0.3 is 12.1 Å². The fourth-order valence-electron chi connectivity index (χ4n) is 0.757. The number of rotatable bonds is 0. The Morgan fingerprint density at radius 3 is 2.27 bits per heavy atom. The van der Waals surface area contributed by atoms with E-state index in [1.807, 2.05) is 0 Å². The van der Waals surface area contributed by atoms with E-state index in [2.05, 4.69) is 9.47 Å². The van der Waals surface area contributed by atoms with Gasteiger partial charge in [-0.3, -0.25) is 5.73 Å². The molecule has 1 aliphatic rings. The molecule has 2 unspecified atom stereocenters. The molecule has 1 rings (SSSR count). The monoisotopic (exact) mass is 171 g/mol. The summed E-state index contributed by atoms with van der Waals surface area (Å²) in [5.74, 6) is -2.90. The second-order valence-electron chi connectivity index (χ2n) is 2.40. The molecule has 11 heavy (non-hydrogen) atoms. The molecule has 1 saturated heterocycles. The van der Waals surface area contributed by atoms with Crippen LogP contribution in [-0.2, 0) is 9.47 Å². The first kappa shape index (κ1) is 8.76. The Labute approximate surface area is 61.3 Å². The number of nitrogens with two attached hydrogens (primary N) is 1. The van der Waals surface area contributed by atoms with Gasteiger partial charge in [0.15, 0.2) is 0 Å². The highest BCUT2D eigenvalue weighted by atomic mass is 19.4. The van der Waals surface area contributed by atoms with E-state index in [0.29, 0.717) is 0 Å². The van der Waals surface area contributed by atoms with Crippen LogP contribution in [0, 0.1) is 0 Å². The molecule has 0 aromatic heterocycles. The Kier molecular flexibility index (Phi) is 1.85. The molecule has 0 radical (unpaired) electrons. The molecule has 66 valence electrons. The van der Waals surface area contributed by atoms with Crippen LogP contribution in [-0.4, -0.2) is 24.8 Å². The van der Waals surface area contributed by atoms with Gasteiger partial charge in [-0.1, -0.05) is 0 Å². The Morgan fingerprint density at radius 2 is 2.09 bits per heavy atom. The second kappa shape index (κ2) is 2.33. The summed E-state index contributed by atoms with van der Waals surface area (Å²) in [6.07, 6.45) is -5.28. The van der Waals surface area contributed by atoms with Crippen molar-refractivity contribution < 1.29 is 22.6 Å². The van der Waals surface area contributed by atoms with E-state index in [1.54, 1.807) is 0 Å². The highest BCUT2D eigenvalue weighted by Gasteiger charge is 2.59. The highest BCUT2D eigenvalue weighted by molar-refractivity contribution is 4.78. The Bertz CT molecular complexity index is 160. The fourth-order valence-corrected chi connectivity index (χ4v) is 0.757. The Hall–Kier alpha value is -0.330. The molecule has 1 fully saturated rings. The van der Waals surface area contributed by atoms with Crippen LogP contribution in [0.1, 0.15) is 6.92 Å². The number of hydrogen-bond acceptors (Lipinski definition) is 3. The summed E-state index contributed by atoms with van der Waals surface area (Å²) in [5, 5.41) is 0. The predicted molar refractivity (Wildman–Crippen MR) is 29.5 cm³/mol. The van der Waals surface area contributed by atoms with Gasteiger partial charge in [0.1, 0.15) is 0 Å². The van der Waals surface area contributed by atoms with E-state index in [-0.39, 0.29) is 6.61 Å². The van der Waals surface area contributed by atoms with Gasteiger partial charge in [0.2, 0.25) is 0 Å². The van der Waals surface area contributed by atoms with Gasteiger partial charge in [-0.05, 0) is 6.92 Å². The number of halogens is 3.